The van der Waals surface area contributed by atoms with Crippen molar-refractivity contribution in [3.8, 4) is 0 Å². The van der Waals surface area contributed by atoms with Gasteiger partial charge in [-0.3, -0.25) is 0 Å². The fraction of sp³-hybridized carbons (Fsp3) is 0.0769. The molecule has 0 aliphatic rings. The minimum Gasteiger partial charge on any atom is -0.380 e. The Hall–Kier alpha value is -0.410. The van der Waals surface area contributed by atoms with E-state index in [1.165, 1.54) is 0 Å². The first-order valence-corrected chi connectivity index (χ1v) is 7.13. The summed E-state index contributed by atoms with van der Waals surface area (Å²) in [5.41, 5.74) is 1.86. The van der Waals surface area contributed by atoms with E-state index < -0.39 is 0 Å². The first-order chi connectivity index (χ1) is 8.59. The molecule has 0 saturated carbocycles. The highest BCUT2D eigenvalue weighted by molar-refractivity contribution is 9.10. The normalized spacial score (nSPS) is 10.4. The maximum absolute atomic E-state index is 6.12. The van der Waals surface area contributed by atoms with Gasteiger partial charge in [0.25, 0.3) is 0 Å². The van der Waals surface area contributed by atoms with Crippen LogP contribution in [0, 0.1) is 0 Å². The molecule has 0 unspecified atom stereocenters. The second kappa shape index (κ2) is 6.16. The van der Waals surface area contributed by atoms with Crippen molar-refractivity contribution in [3.63, 3.8) is 0 Å². The van der Waals surface area contributed by atoms with Gasteiger partial charge in [0.15, 0.2) is 0 Å². The monoisotopic (exact) mass is 363 g/mol. The molecule has 18 heavy (non-hydrogen) atoms. The van der Waals surface area contributed by atoms with Crippen LogP contribution in [0.25, 0.3) is 0 Å². The molecule has 0 aliphatic heterocycles. The highest BCUT2D eigenvalue weighted by Gasteiger charge is 2.06. The van der Waals surface area contributed by atoms with E-state index in [1.54, 1.807) is 6.07 Å². The van der Waals surface area contributed by atoms with Crippen molar-refractivity contribution in [2.45, 2.75) is 6.54 Å². The molecule has 0 heterocycles. The van der Waals surface area contributed by atoms with Gasteiger partial charge in [-0.15, -0.1) is 0 Å². The molecule has 2 rings (SSSR count). The fourth-order valence-corrected chi connectivity index (χ4v) is 2.48. The topological polar surface area (TPSA) is 12.0 Å². The summed E-state index contributed by atoms with van der Waals surface area (Å²) in [4.78, 5) is 0. The van der Waals surface area contributed by atoms with E-state index in [-0.39, 0.29) is 0 Å². The molecular formula is C13H9BrCl3N. The van der Waals surface area contributed by atoms with Gasteiger partial charge in [0, 0.05) is 6.54 Å². The first-order valence-electron chi connectivity index (χ1n) is 5.20. The van der Waals surface area contributed by atoms with Crippen molar-refractivity contribution in [1.29, 1.82) is 0 Å². The lowest BCUT2D eigenvalue weighted by atomic mass is 10.2. The molecule has 5 heteroatoms. The standard InChI is InChI=1S/C13H9BrCl3N/c14-12-9(15)4-2-6-11(12)18-7-8-3-1-5-10(16)13(8)17/h1-6,18H,7H2. The molecular weight excluding hydrogens is 356 g/mol. The summed E-state index contributed by atoms with van der Waals surface area (Å²) < 4.78 is 0.838. The summed E-state index contributed by atoms with van der Waals surface area (Å²) in [7, 11) is 0. The van der Waals surface area contributed by atoms with E-state index >= 15 is 0 Å². The van der Waals surface area contributed by atoms with E-state index in [1.807, 2.05) is 30.3 Å². The molecule has 0 amide bonds. The van der Waals surface area contributed by atoms with Crippen molar-refractivity contribution < 1.29 is 0 Å². The molecule has 0 fully saturated rings. The second-order valence-corrected chi connectivity index (χ2v) is 5.65. The molecule has 0 spiro atoms. The van der Waals surface area contributed by atoms with Crippen LogP contribution in [0.1, 0.15) is 5.56 Å². The van der Waals surface area contributed by atoms with Crippen LogP contribution in [-0.2, 0) is 6.54 Å². The van der Waals surface area contributed by atoms with Crippen LogP contribution < -0.4 is 5.32 Å². The van der Waals surface area contributed by atoms with Crippen LogP contribution in [-0.4, -0.2) is 0 Å². The minimum absolute atomic E-state index is 0.557. The third-order valence-electron chi connectivity index (χ3n) is 2.45. The third-order valence-corrected chi connectivity index (χ3v) is 4.71. The maximum Gasteiger partial charge on any atom is 0.0642 e. The van der Waals surface area contributed by atoms with E-state index in [0.29, 0.717) is 21.6 Å². The molecule has 1 nitrogen and oxygen atoms in total. The Morgan fingerprint density at radius 1 is 0.944 bits per heavy atom. The highest BCUT2D eigenvalue weighted by atomic mass is 79.9. The Kier molecular flexibility index (Phi) is 4.79. The van der Waals surface area contributed by atoms with Gasteiger partial charge in [0.2, 0.25) is 0 Å². The molecule has 94 valence electrons. The average Bonchev–Trinajstić information content (AvgIpc) is 2.36. The van der Waals surface area contributed by atoms with Crippen LogP contribution >= 0.6 is 50.7 Å². The predicted molar refractivity (Wildman–Crippen MR) is 82.9 cm³/mol. The Morgan fingerprint density at radius 2 is 1.61 bits per heavy atom. The Labute approximate surface area is 129 Å². The summed E-state index contributed by atoms with van der Waals surface area (Å²) in [6.45, 7) is 0.582. The SMILES string of the molecule is Clc1cccc(CNc2cccc(Cl)c2Br)c1Cl. The largest absolute Gasteiger partial charge is 0.380 e. The molecule has 0 radical (unpaired) electrons. The number of benzene rings is 2. The lowest BCUT2D eigenvalue weighted by molar-refractivity contribution is 1.15. The van der Waals surface area contributed by atoms with Crippen LogP contribution in [0.3, 0.4) is 0 Å². The summed E-state index contributed by atoms with van der Waals surface area (Å²) in [6.07, 6.45) is 0. The smallest absolute Gasteiger partial charge is 0.0642 e. The summed E-state index contributed by atoms with van der Waals surface area (Å²) in [6, 6.07) is 11.2. The van der Waals surface area contributed by atoms with Gasteiger partial charge in [-0.05, 0) is 39.7 Å². The fourth-order valence-electron chi connectivity index (χ4n) is 1.52. The van der Waals surface area contributed by atoms with E-state index in [2.05, 4.69) is 21.2 Å². The van der Waals surface area contributed by atoms with Crippen molar-refractivity contribution in [2.75, 3.05) is 5.32 Å². The Morgan fingerprint density at radius 3 is 2.39 bits per heavy atom. The second-order valence-electron chi connectivity index (χ2n) is 3.67. The Bertz CT molecular complexity index is 521. The summed E-state index contributed by atoms with van der Waals surface area (Å²) in [5, 5.41) is 5.06. The number of nitrogens with one attached hydrogen (secondary N) is 1. The predicted octanol–water partition coefficient (Wildman–Crippen LogP) is 6.02. The van der Waals surface area contributed by atoms with Crippen LogP contribution in [0.4, 0.5) is 5.69 Å². The van der Waals surface area contributed by atoms with Crippen molar-refractivity contribution in [1.82, 2.24) is 0 Å². The molecule has 2 aromatic carbocycles. The average molecular weight is 365 g/mol. The van der Waals surface area contributed by atoms with Crippen molar-refractivity contribution in [3.05, 3.63) is 61.5 Å². The van der Waals surface area contributed by atoms with E-state index in [9.17, 15) is 0 Å². The number of halogens is 4. The minimum atomic E-state index is 0.557. The molecule has 2 aromatic rings. The van der Waals surface area contributed by atoms with Crippen LogP contribution in [0.5, 0.6) is 0 Å². The molecule has 1 N–H and O–H groups in total. The molecule has 0 aromatic heterocycles. The zero-order valence-corrected chi connectivity index (χ0v) is 13.0. The van der Waals surface area contributed by atoms with Crippen LogP contribution in [0.2, 0.25) is 15.1 Å². The number of rotatable bonds is 3. The van der Waals surface area contributed by atoms with E-state index in [0.717, 1.165) is 15.7 Å². The van der Waals surface area contributed by atoms with Crippen molar-refractivity contribution in [2.24, 2.45) is 0 Å². The Balaban J connectivity index is 2.17. The lowest BCUT2D eigenvalue weighted by Gasteiger charge is -2.11. The zero-order chi connectivity index (χ0) is 13.1. The van der Waals surface area contributed by atoms with Gasteiger partial charge in [-0.1, -0.05) is 53.0 Å². The first kappa shape index (κ1) is 14.0. The molecule has 0 atom stereocenters. The number of hydrogen-bond donors (Lipinski definition) is 1. The highest BCUT2D eigenvalue weighted by Crippen LogP contribution is 2.31. The van der Waals surface area contributed by atoms with Gasteiger partial charge in [0.1, 0.15) is 0 Å². The van der Waals surface area contributed by atoms with Crippen molar-refractivity contribution >= 4 is 56.4 Å². The van der Waals surface area contributed by atoms with Gasteiger partial charge >= 0.3 is 0 Å². The maximum atomic E-state index is 6.12. The molecule has 0 bridgehead atoms. The third kappa shape index (κ3) is 3.12. The summed E-state index contributed by atoms with van der Waals surface area (Å²) in [5.74, 6) is 0. The van der Waals surface area contributed by atoms with Gasteiger partial charge in [0.05, 0.1) is 25.2 Å². The number of anilines is 1. The molecule has 0 saturated heterocycles. The molecule has 0 aliphatic carbocycles. The van der Waals surface area contributed by atoms with Gasteiger partial charge < -0.3 is 5.32 Å². The van der Waals surface area contributed by atoms with Crippen LogP contribution in [0.15, 0.2) is 40.9 Å². The van der Waals surface area contributed by atoms with Gasteiger partial charge in [-0.2, -0.15) is 0 Å². The summed E-state index contributed by atoms with van der Waals surface area (Å²) >= 11 is 21.5. The quantitative estimate of drug-likeness (QED) is 0.701. The zero-order valence-electron chi connectivity index (χ0n) is 9.18. The van der Waals surface area contributed by atoms with E-state index in [4.69, 9.17) is 34.8 Å². The number of hydrogen-bond acceptors (Lipinski definition) is 1. The lowest BCUT2D eigenvalue weighted by Crippen LogP contribution is -2.01. The van der Waals surface area contributed by atoms with Gasteiger partial charge in [-0.25, -0.2) is 0 Å².